The lowest BCUT2D eigenvalue weighted by molar-refractivity contribution is 0.149. The Kier molecular flexibility index (Phi) is 4.70. The van der Waals surface area contributed by atoms with Gasteiger partial charge in [-0.3, -0.25) is 4.98 Å². The maximum atomic E-state index is 12.5. The number of urea groups is 1. The van der Waals surface area contributed by atoms with E-state index in [9.17, 15) is 13.2 Å². The zero-order valence-corrected chi connectivity index (χ0v) is 13.4. The van der Waals surface area contributed by atoms with E-state index in [2.05, 4.69) is 4.98 Å². The predicted octanol–water partition coefficient (Wildman–Crippen LogP) is 0.723. The van der Waals surface area contributed by atoms with Crippen LogP contribution in [0, 0.1) is 0 Å². The number of halogens is 1. The van der Waals surface area contributed by atoms with Gasteiger partial charge in [-0.05, 0) is 6.07 Å². The molecular formula is C12H17ClN4O3S. The molecule has 1 aromatic rings. The molecule has 1 fully saturated rings. The number of hydrogen-bond acceptors (Lipinski definition) is 4. The van der Waals surface area contributed by atoms with Gasteiger partial charge in [-0.25, -0.2) is 13.2 Å². The molecule has 0 radical (unpaired) electrons. The maximum Gasteiger partial charge on any atom is 0.319 e. The van der Waals surface area contributed by atoms with E-state index < -0.39 is 10.0 Å². The highest BCUT2D eigenvalue weighted by atomic mass is 35.5. The number of pyridine rings is 1. The fourth-order valence-electron chi connectivity index (χ4n) is 2.09. The fourth-order valence-corrected chi connectivity index (χ4v) is 3.92. The monoisotopic (exact) mass is 332 g/mol. The topological polar surface area (TPSA) is 73.8 Å². The van der Waals surface area contributed by atoms with E-state index in [1.54, 1.807) is 19.0 Å². The van der Waals surface area contributed by atoms with Crippen LogP contribution in [0.1, 0.15) is 0 Å². The average molecular weight is 333 g/mol. The summed E-state index contributed by atoms with van der Waals surface area (Å²) in [4.78, 5) is 18.7. The molecule has 0 saturated carbocycles. The van der Waals surface area contributed by atoms with Crippen LogP contribution in [0.2, 0.25) is 5.02 Å². The number of amides is 2. The maximum absolute atomic E-state index is 12.5. The summed E-state index contributed by atoms with van der Waals surface area (Å²) in [6.07, 6.45) is 2.68. The molecule has 1 aliphatic heterocycles. The third kappa shape index (κ3) is 3.28. The van der Waals surface area contributed by atoms with Gasteiger partial charge in [-0.1, -0.05) is 11.6 Å². The number of sulfonamides is 1. The van der Waals surface area contributed by atoms with Crippen LogP contribution in [0.25, 0.3) is 0 Å². The Morgan fingerprint density at radius 3 is 2.43 bits per heavy atom. The van der Waals surface area contributed by atoms with Crippen molar-refractivity contribution in [1.82, 2.24) is 19.1 Å². The quantitative estimate of drug-likeness (QED) is 0.800. The van der Waals surface area contributed by atoms with Gasteiger partial charge in [0, 0.05) is 52.7 Å². The molecule has 2 amide bonds. The van der Waals surface area contributed by atoms with E-state index in [4.69, 9.17) is 11.6 Å². The van der Waals surface area contributed by atoms with Gasteiger partial charge in [0.2, 0.25) is 10.0 Å². The predicted molar refractivity (Wildman–Crippen MR) is 78.7 cm³/mol. The summed E-state index contributed by atoms with van der Waals surface area (Å²) < 4.78 is 26.3. The van der Waals surface area contributed by atoms with E-state index in [0.29, 0.717) is 13.1 Å². The Balaban J connectivity index is 2.12. The van der Waals surface area contributed by atoms with Gasteiger partial charge in [0.25, 0.3) is 0 Å². The number of hydrogen-bond donors (Lipinski definition) is 0. The van der Waals surface area contributed by atoms with E-state index in [1.165, 1.54) is 27.7 Å². The van der Waals surface area contributed by atoms with E-state index >= 15 is 0 Å². The van der Waals surface area contributed by atoms with Crippen molar-refractivity contribution in [2.45, 2.75) is 4.90 Å². The zero-order valence-electron chi connectivity index (χ0n) is 11.9. The molecule has 7 nitrogen and oxygen atoms in total. The third-order valence-corrected chi connectivity index (χ3v) is 5.61. The van der Waals surface area contributed by atoms with Crippen molar-refractivity contribution in [3.05, 3.63) is 23.5 Å². The van der Waals surface area contributed by atoms with Crippen molar-refractivity contribution in [2.75, 3.05) is 40.3 Å². The number of rotatable bonds is 2. The molecule has 0 aromatic carbocycles. The van der Waals surface area contributed by atoms with Crippen molar-refractivity contribution < 1.29 is 13.2 Å². The smallest absolute Gasteiger partial charge is 0.319 e. The molecule has 116 valence electrons. The molecule has 0 spiro atoms. The Labute approximate surface area is 129 Å². The first-order valence-corrected chi connectivity index (χ1v) is 8.21. The second kappa shape index (κ2) is 6.17. The Hall–Kier alpha value is -1.38. The summed E-state index contributed by atoms with van der Waals surface area (Å²) in [5.41, 5.74) is 0. The Morgan fingerprint density at radius 2 is 1.90 bits per heavy atom. The van der Waals surface area contributed by atoms with E-state index in [-0.39, 0.29) is 29.0 Å². The van der Waals surface area contributed by atoms with Gasteiger partial charge in [-0.2, -0.15) is 4.31 Å². The van der Waals surface area contributed by atoms with E-state index in [1.807, 2.05) is 0 Å². The normalized spacial score (nSPS) is 16.8. The molecule has 0 unspecified atom stereocenters. The Morgan fingerprint density at radius 1 is 1.29 bits per heavy atom. The largest absolute Gasteiger partial charge is 0.331 e. The van der Waals surface area contributed by atoms with Crippen LogP contribution in [0.3, 0.4) is 0 Å². The molecule has 1 saturated heterocycles. The lowest BCUT2D eigenvalue weighted by Crippen LogP contribution is -2.52. The molecule has 1 aromatic heterocycles. The van der Waals surface area contributed by atoms with Crippen molar-refractivity contribution in [3.8, 4) is 0 Å². The van der Waals surface area contributed by atoms with Gasteiger partial charge in [0.05, 0.1) is 5.02 Å². The summed E-state index contributed by atoms with van der Waals surface area (Å²) in [5, 5.41) is 0.150. The second-order valence-corrected chi connectivity index (χ2v) is 7.19. The van der Waals surface area contributed by atoms with Gasteiger partial charge in [-0.15, -0.1) is 0 Å². The molecule has 0 N–H and O–H groups in total. The van der Waals surface area contributed by atoms with Gasteiger partial charge in [0.15, 0.2) is 0 Å². The first kappa shape index (κ1) is 16.0. The number of piperazine rings is 1. The molecule has 1 aliphatic rings. The summed E-state index contributed by atoms with van der Waals surface area (Å²) >= 11 is 5.93. The van der Waals surface area contributed by atoms with E-state index in [0.717, 1.165) is 0 Å². The minimum absolute atomic E-state index is 0.000877. The minimum Gasteiger partial charge on any atom is -0.331 e. The number of nitrogens with zero attached hydrogens (tertiary/aromatic N) is 4. The fraction of sp³-hybridized carbons (Fsp3) is 0.500. The van der Waals surface area contributed by atoms with Crippen LogP contribution in [0.5, 0.6) is 0 Å². The van der Waals surface area contributed by atoms with Gasteiger partial charge in [0.1, 0.15) is 4.90 Å². The summed E-state index contributed by atoms with van der Waals surface area (Å²) in [6, 6.07) is 1.33. The SMILES string of the molecule is CN(C)C(=O)N1CCN(S(=O)(=O)c2cnccc2Cl)CC1. The highest BCUT2D eigenvalue weighted by Gasteiger charge is 2.31. The van der Waals surface area contributed by atoms with Crippen LogP contribution in [0.4, 0.5) is 4.79 Å². The van der Waals surface area contributed by atoms with Crippen LogP contribution in [-0.4, -0.2) is 73.8 Å². The highest BCUT2D eigenvalue weighted by Crippen LogP contribution is 2.24. The number of aromatic nitrogens is 1. The first-order chi connectivity index (χ1) is 9.84. The number of carbonyl (C=O) groups excluding carboxylic acids is 1. The standard InChI is InChI=1S/C12H17ClN4O3S/c1-15(2)12(18)16-5-7-17(8-6-16)21(19,20)11-9-14-4-3-10(11)13/h3-4,9H,5-8H2,1-2H3. The van der Waals surface area contributed by atoms with Crippen molar-refractivity contribution in [1.29, 1.82) is 0 Å². The van der Waals surface area contributed by atoms with Crippen molar-refractivity contribution >= 4 is 27.7 Å². The molecule has 0 atom stereocenters. The molecule has 2 heterocycles. The van der Waals surface area contributed by atoms with Crippen LogP contribution in [0.15, 0.2) is 23.4 Å². The lowest BCUT2D eigenvalue weighted by atomic mass is 10.4. The van der Waals surface area contributed by atoms with Crippen LogP contribution < -0.4 is 0 Å². The zero-order chi connectivity index (χ0) is 15.6. The third-order valence-electron chi connectivity index (χ3n) is 3.24. The summed E-state index contributed by atoms with van der Waals surface area (Å²) in [6.45, 7) is 1.20. The van der Waals surface area contributed by atoms with Crippen LogP contribution in [-0.2, 0) is 10.0 Å². The van der Waals surface area contributed by atoms with Gasteiger partial charge >= 0.3 is 6.03 Å². The summed E-state index contributed by atoms with van der Waals surface area (Å²) in [5.74, 6) is 0. The van der Waals surface area contributed by atoms with Gasteiger partial charge < -0.3 is 9.80 Å². The van der Waals surface area contributed by atoms with Crippen LogP contribution >= 0.6 is 11.6 Å². The lowest BCUT2D eigenvalue weighted by Gasteiger charge is -2.35. The molecule has 2 rings (SSSR count). The average Bonchev–Trinajstić information content (AvgIpc) is 2.46. The first-order valence-electron chi connectivity index (χ1n) is 6.40. The molecule has 9 heteroatoms. The minimum atomic E-state index is -3.67. The Bertz CT molecular complexity index is 627. The van der Waals surface area contributed by atoms with Crippen molar-refractivity contribution in [2.24, 2.45) is 0 Å². The second-order valence-electron chi connectivity index (χ2n) is 4.87. The molecule has 21 heavy (non-hydrogen) atoms. The summed E-state index contributed by atoms with van der Waals surface area (Å²) in [7, 11) is -0.340. The number of carbonyl (C=O) groups is 1. The molecule has 0 aliphatic carbocycles. The van der Waals surface area contributed by atoms with Crippen molar-refractivity contribution in [3.63, 3.8) is 0 Å². The highest BCUT2D eigenvalue weighted by molar-refractivity contribution is 7.89. The molecular weight excluding hydrogens is 316 g/mol. The molecule has 0 bridgehead atoms.